The molecule has 0 aliphatic carbocycles. The molecule has 0 bridgehead atoms. The van der Waals surface area contributed by atoms with Gasteiger partial charge in [-0.1, -0.05) is 13.3 Å². The first-order chi connectivity index (χ1) is 10.3. The SMILES string of the molecule is CCCC1CCCCN1c1nc(Cl)nc(-n2ccnc2)n1. The Kier molecular flexibility index (Phi) is 4.34. The van der Waals surface area contributed by atoms with Crippen molar-refractivity contribution in [2.45, 2.75) is 45.1 Å². The second kappa shape index (κ2) is 6.39. The van der Waals surface area contributed by atoms with Crippen LogP contribution in [0.4, 0.5) is 5.95 Å². The fourth-order valence-electron chi connectivity index (χ4n) is 2.85. The third kappa shape index (κ3) is 3.15. The minimum atomic E-state index is 0.226. The largest absolute Gasteiger partial charge is 0.338 e. The van der Waals surface area contributed by atoms with E-state index in [2.05, 4.69) is 31.8 Å². The molecule has 21 heavy (non-hydrogen) atoms. The van der Waals surface area contributed by atoms with Gasteiger partial charge < -0.3 is 4.90 Å². The van der Waals surface area contributed by atoms with Crippen LogP contribution in [0.3, 0.4) is 0 Å². The van der Waals surface area contributed by atoms with Crippen molar-refractivity contribution in [3.8, 4) is 5.95 Å². The zero-order valence-corrected chi connectivity index (χ0v) is 12.9. The van der Waals surface area contributed by atoms with Gasteiger partial charge in [-0.3, -0.25) is 4.57 Å². The molecule has 0 saturated carbocycles. The Morgan fingerprint density at radius 1 is 1.24 bits per heavy atom. The van der Waals surface area contributed by atoms with Crippen molar-refractivity contribution in [2.24, 2.45) is 0 Å². The fourth-order valence-corrected chi connectivity index (χ4v) is 3.00. The summed E-state index contributed by atoms with van der Waals surface area (Å²) in [6.07, 6.45) is 11.1. The Hall–Kier alpha value is -1.69. The smallest absolute Gasteiger partial charge is 0.241 e. The summed E-state index contributed by atoms with van der Waals surface area (Å²) >= 11 is 6.09. The molecular formula is C14H19ClN6. The average molecular weight is 307 g/mol. The maximum atomic E-state index is 6.09. The van der Waals surface area contributed by atoms with Gasteiger partial charge >= 0.3 is 0 Å². The van der Waals surface area contributed by atoms with Gasteiger partial charge in [-0.2, -0.15) is 15.0 Å². The van der Waals surface area contributed by atoms with Crippen LogP contribution in [-0.2, 0) is 0 Å². The van der Waals surface area contributed by atoms with Gasteiger partial charge in [0.05, 0.1) is 0 Å². The number of rotatable bonds is 4. The Morgan fingerprint density at radius 3 is 2.86 bits per heavy atom. The predicted octanol–water partition coefficient (Wildman–Crippen LogP) is 2.87. The maximum Gasteiger partial charge on any atom is 0.241 e. The van der Waals surface area contributed by atoms with Crippen LogP contribution >= 0.6 is 11.6 Å². The molecule has 0 radical (unpaired) electrons. The van der Waals surface area contributed by atoms with Gasteiger partial charge in [0.1, 0.15) is 6.33 Å². The Balaban J connectivity index is 1.93. The van der Waals surface area contributed by atoms with Crippen LogP contribution in [0.1, 0.15) is 39.0 Å². The number of anilines is 1. The van der Waals surface area contributed by atoms with E-state index in [0.717, 1.165) is 19.4 Å². The van der Waals surface area contributed by atoms with Gasteiger partial charge in [0.15, 0.2) is 0 Å². The lowest BCUT2D eigenvalue weighted by molar-refractivity contribution is 0.428. The Morgan fingerprint density at radius 2 is 2.10 bits per heavy atom. The highest BCUT2D eigenvalue weighted by atomic mass is 35.5. The van der Waals surface area contributed by atoms with E-state index in [4.69, 9.17) is 11.6 Å². The average Bonchev–Trinajstić information content (AvgIpc) is 3.02. The van der Waals surface area contributed by atoms with E-state index in [1.807, 2.05) is 0 Å². The molecule has 7 heteroatoms. The van der Waals surface area contributed by atoms with E-state index in [1.54, 1.807) is 23.3 Å². The summed E-state index contributed by atoms with van der Waals surface area (Å²) in [6, 6.07) is 0.498. The van der Waals surface area contributed by atoms with Crippen molar-refractivity contribution in [2.75, 3.05) is 11.4 Å². The summed E-state index contributed by atoms with van der Waals surface area (Å²) in [5.74, 6) is 1.19. The quantitative estimate of drug-likeness (QED) is 0.869. The molecule has 3 rings (SSSR count). The summed E-state index contributed by atoms with van der Waals surface area (Å²) < 4.78 is 1.75. The molecule has 2 aromatic rings. The number of halogens is 1. The van der Waals surface area contributed by atoms with Crippen molar-refractivity contribution in [1.82, 2.24) is 24.5 Å². The maximum absolute atomic E-state index is 6.09. The molecule has 1 aliphatic heterocycles. The van der Waals surface area contributed by atoms with Crippen molar-refractivity contribution in [3.63, 3.8) is 0 Å². The number of hydrogen-bond donors (Lipinski definition) is 0. The Labute approximate surface area is 129 Å². The molecule has 0 aromatic carbocycles. The van der Waals surface area contributed by atoms with Crippen LogP contribution in [0.2, 0.25) is 5.28 Å². The lowest BCUT2D eigenvalue weighted by Crippen LogP contribution is -2.40. The Bertz CT molecular complexity index is 583. The lowest BCUT2D eigenvalue weighted by atomic mass is 9.99. The summed E-state index contributed by atoms with van der Waals surface area (Å²) in [7, 11) is 0. The summed E-state index contributed by atoms with van der Waals surface area (Å²) in [5, 5.41) is 0.226. The zero-order chi connectivity index (χ0) is 14.7. The van der Waals surface area contributed by atoms with Crippen LogP contribution in [-0.4, -0.2) is 37.1 Å². The molecule has 0 spiro atoms. The molecule has 1 aliphatic rings. The van der Waals surface area contributed by atoms with Gasteiger partial charge in [0, 0.05) is 25.0 Å². The van der Waals surface area contributed by atoms with Crippen molar-refractivity contribution in [1.29, 1.82) is 0 Å². The molecule has 0 N–H and O–H groups in total. The molecule has 112 valence electrons. The number of imidazole rings is 1. The number of hydrogen-bond acceptors (Lipinski definition) is 5. The topological polar surface area (TPSA) is 59.7 Å². The first-order valence-corrected chi connectivity index (χ1v) is 7.82. The van der Waals surface area contributed by atoms with Gasteiger partial charge in [0.25, 0.3) is 0 Å². The second-order valence-corrected chi connectivity index (χ2v) is 5.64. The third-order valence-corrected chi connectivity index (χ3v) is 3.99. The molecular weight excluding hydrogens is 288 g/mol. The lowest BCUT2D eigenvalue weighted by Gasteiger charge is -2.35. The van der Waals surface area contributed by atoms with E-state index in [9.17, 15) is 0 Å². The first-order valence-electron chi connectivity index (χ1n) is 7.44. The van der Waals surface area contributed by atoms with Crippen molar-refractivity contribution in [3.05, 3.63) is 24.0 Å². The van der Waals surface area contributed by atoms with Crippen LogP contribution in [0, 0.1) is 0 Å². The van der Waals surface area contributed by atoms with Crippen molar-refractivity contribution < 1.29 is 0 Å². The molecule has 1 saturated heterocycles. The van der Waals surface area contributed by atoms with Crippen molar-refractivity contribution >= 4 is 17.5 Å². The second-order valence-electron chi connectivity index (χ2n) is 5.31. The molecule has 6 nitrogen and oxygen atoms in total. The highest BCUT2D eigenvalue weighted by molar-refractivity contribution is 6.28. The van der Waals surface area contributed by atoms with Crippen LogP contribution in [0.15, 0.2) is 18.7 Å². The summed E-state index contributed by atoms with van der Waals surface area (Å²) in [5.41, 5.74) is 0. The number of nitrogens with zero attached hydrogens (tertiary/aromatic N) is 6. The standard InChI is InChI=1S/C14H19ClN6/c1-2-5-11-6-3-4-8-21(11)14-18-12(15)17-13(19-14)20-9-7-16-10-20/h7,9-11H,2-6,8H2,1H3. The highest BCUT2D eigenvalue weighted by Crippen LogP contribution is 2.25. The van der Waals surface area contributed by atoms with E-state index in [1.165, 1.54) is 19.3 Å². The van der Waals surface area contributed by atoms with E-state index >= 15 is 0 Å². The highest BCUT2D eigenvalue weighted by Gasteiger charge is 2.25. The number of piperidine rings is 1. The van der Waals surface area contributed by atoms with Crippen LogP contribution < -0.4 is 4.90 Å². The van der Waals surface area contributed by atoms with Gasteiger partial charge in [-0.05, 0) is 37.3 Å². The minimum Gasteiger partial charge on any atom is -0.338 e. The van der Waals surface area contributed by atoms with E-state index in [0.29, 0.717) is 17.9 Å². The van der Waals surface area contributed by atoms with Gasteiger partial charge in [-0.15, -0.1) is 0 Å². The van der Waals surface area contributed by atoms with Crippen LogP contribution in [0.5, 0.6) is 0 Å². The van der Waals surface area contributed by atoms with E-state index < -0.39 is 0 Å². The van der Waals surface area contributed by atoms with Crippen LogP contribution in [0.25, 0.3) is 5.95 Å². The molecule has 1 atom stereocenters. The van der Waals surface area contributed by atoms with Gasteiger partial charge in [0.2, 0.25) is 17.2 Å². The molecule has 2 aromatic heterocycles. The first kappa shape index (κ1) is 14.3. The fraction of sp³-hybridized carbons (Fsp3) is 0.571. The monoisotopic (exact) mass is 306 g/mol. The molecule has 1 unspecified atom stereocenters. The van der Waals surface area contributed by atoms with E-state index in [-0.39, 0.29) is 5.28 Å². The summed E-state index contributed by atoms with van der Waals surface area (Å²) in [6.45, 7) is 3.19. The molecule has 0 amide bonds. The summed E-state index contributed by atoms with van der Waals surface area (Å²) in [4.78, 5) is 19.4. The zero-order valence-electron chi connectivity index (χ0n) is 12.1. The minimum absolute atomic E-state index is 0.226. The number of aromatic nitrogens is 5. The molecule has 1 fully saturated rings. The van der Waals surface area contributed by atoms with Gasteiger partial charge in [-0.25, -0.2) is 4.98 Å². The normalized spacial score (nSPS) is 19.0. The third-order valence-electron chi connectivity index (χ3n) is 3.83. The molecule has 3 heterocycles. The predicted molar refractivity (Wildman–Crippen MR) is 81.9 cm³/mol.